The Labute approximate surface area is 178 Å². The molecule has 0 spiro atoms. The van der Waals surface area contributed by atoms with Crippen molar-refractivity contribution in [1.82, 2.24) is 4.31 Å². The summed E-state index contributed by atoms with van der Waals surface area (Å²) in [6, 6.07) is 18.3. The minimum atomic E-state index is -3.96. The first-order chi connectivity index (χ1) is 13.8. The molecule has 0 saturated carbocycles. The summed E-state index contributed by atoms with van der Waals surface area (Å²) < 4.78 is 41.9. The number of nitrogens with zero attached hydrogens (tertiary/aromatic N) is 2. The van der Waals surface area contributed by atoms with E-state index in [1.54, 1.807) is 24.3 Å². The van der Waals surface area contributed by atoms with Crippen LogP contribution in [0.4, 0.5) is 4.39 Å². The molecule has 0 saturated heterocycles. The Hall–Kier alpha value is -2.43. The molecule has 0 atom stereocenters. The first-order valence-electron chi connectivity index (χ1n) is 8.48. The highest BCUT2D eigenvalue weighted by Crippen LogP contribution is 2.25. The number of benzene rings is 3. The van der Waals surface area contributed by atoms with Gasteiger partial charge in [0.15, 0.2) is 0 Å². The smallest absolute Gasteiger partial charge is 0.207 e. The number of rotatable bonds is 6. The van der Waals surface area contributed by atoms with Gasteiger partial charge in [0.2, 0.25) is 10.0 Å². The van der Waals surface area contributed by atoms with Crippen LogP contribution in [-0.2, 0) is 23.1 Å². The molecule has 0 unspecified atom stereocenters. The van der Waals surface area contributed by atoms with E-state index in [-0.39, 0.29) is 23.5 Å². The predicted octanol–water partition coefficient (Wildman–Crippen LogP) is 5.40. The third-order valence-corrected chi connectivity index (χ3v) is 6.54. The molecule has 0 fully saturated rings. The molecule has 3 rings (SSSR count). The largest absolute Gasteiger partial charge is 0.243 e. The van der Waals surface area contributed by atoms with Crippen LogP contribution < -0.4 is 0 Å². The van der Waals surface area contributed by atoms with E-state index in [1.165, 1.54) is 42.5 Å². The quantitative estimate of drug-likeness (QED) is 0.507. The second-order valence-corrected chi connectivity index (χ2v) is 9.08. The van der Waals surface area contributed by atoms with Crippen LogP contribution in [0.1, 0.15) is 16.7 Å². The highest BCUT2D eigenvalue weighted by Gasteiger charge is 2.26. The Bertz CT molecular complexity index is 1160. The van der Waals surface area contributed by atoms with Crippen molar-refractivity contribution >= 4 is 33.2 Å². The molecular weight excluding hydrogens is 434 g/mol. The minimum absolute atomic E-state index is 0.0113. The SMILES string of the molecule is N#Cc1ccc(CN(Cc2cc(Cl)ccc2F)S(=O)(=O)c2ccc(Cl)cc2)cc1. The van der Waals surface area contributed by atoms with Crippen molar-refractivity contribution in [1.29, 1.82) is 5.26 Å². The van der Waals surface area contributed by atoms with Crippen molar-refractivity contribution in [3.63, 3.8) is 0 Å². The van der Waals surface area contributed by atoms with Crippen molar-refractivity contribution in [2.45, 2.75) is 18.0 Å². The summed E-state index contributed by atoms with van der Waals surface area (Å²) in [5.74, 6) is -0.550. The monoisotopic (exact) mass is 448 g/mol. The standard InChI is InChI=1S/C21H15Cl2FN2O2S/c22-18-5-8-20(9-6-18)29(27,28)26(13-16-3-1-15(12-25)2-4-16)14-17-11-19(23)7-10-21(17)24/h1-11H,13-14H2. The summed E-state index contributed by atoms with van der Waals surface area (Å²) in [7, 11) is -3.96. The zero-order chi connectivity index (χ0) is 21.0. The van der Waals surface area contributed by atoms with Crippen molar-refractivity contribution in [3.8, 4) is 6.07 Å². The topological polar surface area (TPSA) is 61.2 Å². The van der Waals surface area contributed by atoms with Crippen LogP contribution in [0.5, 0.6) is 0 Å². The Balaban J connectivity index is 2.01. The molecule has 0 radical (unpaired) electrons. The van der Waals surface area contributed by atoms with E-state index in [2.05, 4.69) is 0 Å². The lowest BCUT2D eigenvalue weighted by Gasteiger charge is -2.23. The Morgan fingerprint density at radius 2 is 1.52 bits per heavy atom. The Morgan fingerprint density at radius 3 is 2.14 bits per heavy atom. The highest BCUT2D eigenvalue weighted by atomic mass is 35.5. The Kier molecular flexibility index (Phi) is 6.56. The molecule has 8 heteroatoms. The summed E-state index contributed by atoms with van der Waals surface area (Å²) in [5, 5.41) is 9.66. The first kappa shape index (κ1) is 21.3. The fourth-order valence-electron chi connectivity index (χ4n) is 2.72. The van der Waals surface area contributed by atoms with E-state index in [0.29, 0.717) is 21.2 Å². The number of hydrogen-bond donors (Lipinski definition) is 0. The maximum absolute atomic E-state index is 14.3. The molecule has 29 heavy (non-hydrogen) atoms. The van der Waals surface area contributed by atoms with E-state index in [1.807, 2.05) is 6.07 Å². The fourth-order valence-corrected chi connectivity index (χ4v) is 4.45. The molecule has 0 bridgehead atoms. The van der Waals surface area contributed by atoms with Gasteiger partial charge in [0.1, 0.15) is 5.82 Å². The maximum Gasteiger partial charge on any atom is 0.243 e. The van der Waals surface area contributed by atoms with E-state index in [4.69, 9.17) is 28.5 Å². The number of halogens is 3. The predicted molar refractivity (Wildman–Crippen MR) is 110 cm³/mol. The summed E-state index contributed by atoms with van der Waals surface area (Å²) in [5.41, 5.74) is 1.27. The van der Waals surface area contributed by atoms with Crippen LogP contribution in [0.2, 0.25) is 10.0 Å². The maximum atomic E-state index is 14.3. The second-order valence-electron chi connectivity index (χ2n) is 6.27. The van der Waals surface area contributed by atoms with Crippen LogP contribution in [0, 0.1) is 17.1 Å². The lowest BCUT2D eigenvalue weighted by molar-refractivity contribution is 0.394. The molecule has 3 aromatic carbocycles. The van der Waals surface area contributed by atoms with Gasteiger partial charge in [-0.05, 0) is 60.2 Å². The summed E-state index contributed by atoms with van der Waals surface area (Å²) >= 11 is 11.8. The molecule has 0 aliphatic rings. The van der Waals surface area contributed by atoms with Gasteiger partial charge in [-0.1, -0.05) is 35.3 Å². The van der Waals surface area contributed by atoms with Crippen LogP contribution in [0.3, 0.4) is 0 Å². The zero-order valence-electron chi connectivity index (χ0n) is 15.0. The molecule has 0 N–H and O–H groups in total. The van der Waals surface area contributed by atoms with Gasteiger partial charge < -0.3 is 0 Å². The van der Waals surface area contributed by atoms with Crippen LogP contribution >= 0.6 is 23.2 Å². The van der Waals surface area contributed by atoms with E-state index < -0.39 is 15.8 Å². The van der Waals surface area contributed by atoms with Gasteiger partial charge in [0.25, 0.3) is 0 Å². The first-order valence-corrected chi connectivity index (χ1v) is 10.7. The van der Waals surface area contributed by atoms with E-state index in [9.17, 15) is 12.8 Å². The highest BCUT2D eigenvalue weighted by molar-refractivity contribution is 7.89. The van der Waals surface area contributed by atoms with Crippen LogP contribution in [0.15, 0.2) is 71.6 Å². The lowest BCUT2D eigenvalue weighted by Crippen LogP contribution is -2.30. The van der Waals surface area contributed by atoms with Gasteiger partial charge in [-0.3, -0.25) is 0 Å². The van der Waals surface area contributed by atoms with Gasteiger partial charge in [0, 0.05) is 28.7 Å². The average molecular weight is 449 g/mol. The number of hydrogen-bond acceptors (Lipinski definition) is 3. The molecule has 4 nitrogen and oxygen atoms in total. The lowest BCUT2D eigenvalue weighted by atomic mass is 10.1. The van der Waals surface area contributed by atoms with Gasteiger partial charge in [0.05, 0.1) is 16.5 Å². The molecule has 3 aromatic rings. The Morgan fingerprint density at radius 1 is 0.897 bits per heavy atom. The number of sulfonamides is 1. The fraction of sp³-hybridized carbons (Fsp3) is 0.0952. The van der Waals surface area contributed by atoms with Crippen molar-refractivity contribution in [3.05, 3.63) is 99.3 Å². The van der Waals surface area contributed by atoms with Gasteiger partial charge in [-0.15, -0.1) is 0 Å². The third-order valence-electron chi connectivity index (χ3n) is 4.25. The van der Waals surface area contributed by atoms with Crippen LogP contribution in [0.25, 0.3) is 0 Å². The molecule has 0 amide bonds. The molecule has 0 aromatic heterocycles. The third kappa shape index (κ3) is 5.14. The summed E-state index contributed by atoms with van der Waals surface area (Å²) in [4.78, 5) is 0.0398. The van der Waals surface area contributed by atoms with Gasteiger partial charge in [-0.2, -0.15) is 9.57 Å². The van der Waals surface area contributed by atoms with Gasteiger partial charge in [-0.25, -0.2) is 12.8 Å². The van der Waals surface area contributed by atoms with E-state index in [0.717, 1.165) is 4.31 Å². The van der Waals surface area contributed by atoms with Crippen LogP contribution in [-0.4, -0.2) is 12.7 Å². The zero-order valence-corrected chi connectivity index (χ0v) is 17.3. The van der Waals surface area contributed by atoms with Crippen molar-refractivity contribution in [2.24, 2.45) is 0 Å². The molecule has 0 heterocycles. The normalized spacial score (nSPS) is 11.4. The second kappa shape index (κ2) is 8.93. The molecule has 0 aliphatic heterocycles. The van der Waals surface area contributed by atoms with Crippen molar-refractivity contribution < 1.29 is 12.8 Å². The molecule has 0 aliphatic carbocycles. The summed E-state index contributed by atoms with van der Waals surface area (Å²) in [6.45, 7) is -0.222. The van der Waals surface area contributed by atoms with E-state index >= 15 is 0 Å². The van der Waals surface area contributed by atoms with Crippen molar-refractivity contribution in [2.75, 3.05) is 0 Å². The molecule has 148 valence electrons. The van der Waals surface area contributed by atoms with Gasteiger partial charge >= 0.3 is 0 Å². The average Bonchev–Trinajstić information content (AvgIpc) is 2.71. The molecular formula is C21H15Cl2FN2O2S. The minimum Gasteiger partial charge on any atom is -0.207 e. The number of nitriles is 1. The summed E-state index contributed by atoms with van der Waals surface area (Å²) in [6.07, 6.45) is 0.